The maximum absolute atomic E-state index is 9.94. The van der Waals surface area contributed by atoms with Crippen LogP contribution in [0.2, 0.25) is 0 Å². The fraction of sp³-hybridized carbons (Fsp3) is 0.696. The molecule has 48 heavy (non-hydrogen) atoms. The van der Waals surface area contributed by atoms with Gasteiger partial charge >= 0.3 is 0 Å². The summed E-state index contributed by atoms with van der Waals surface area (Å²) < 4.78 is 0. The molecule has 0 spiro atoms. The van der Waals surface area contributed by atoms with Gasteiger partial charge in [0.15, 0.2) is 6.10 Å². The largest absolute Gasteiger partial charge is 0.380 e. The minimum absolute atomic E-state index is 0.565. The van der Waals surface area contributed by atoms with Gasteiger partial charge in [-0.3, -0.25) is 0 Å². The Kier molecular flexibility index (Phi) is 38.3. The van der Waals surface area contributed by atoms with E-state index in [9.17, 15) is 10.2 Å². The Bertz CT molecular complexity index is 980. The quantitative estimate of drug-likeness (QED) is 0.0430. The maximum atomic E-state index is 9.94. The lowest BCUT2D eigenvalue weighted by Crippen LogP contribution is -2.01. The lowest BCUT2D eigenvalue weighted by atomic mass is 10.0. The highest BCUT2D eigenvalue weighted by Crippen LogP contribution is 2.14. The van der Waals surface area contributed by atoms with Gasteiger partial charge in [-0.05, 0) is 83.1 Å². The molecule has 1 unspecified atom stereocenters. The SMILES string of the molecule is C#CCCCCCCCCCCCCCCCC/C=C\CC/C=C\C#CC(O)C#CCCCC/C=C\CCCCCCCC[C@H](O)C#C. The van der Waals surface area contributed by atoms with Crippen LogP contribution in [0, 0.1) is 48.4 Å². The summed E-state index contributed by atoms with van der Waals surface area (Å²) in [5, 5.41) is 19.3. The molecule has 0 rings (SSSR count). The fourth-order valence-corrected chi connectivity index (χ4v) is 5.61. The van der Waals surface area contributed by atoms with Crippen LogP contribution in [0.25, 0.3) is 0 Å². The van der Waals surface area contributed by atoms with Crippen LogP contribution < -0.4 is 0 Å². The van der Waals surface area contributed by atoms with Gasteiger partial charge in [-0.2, -0.15) is 0 Å². The Balaban J connectivity index is 3.48. The van der Waals surface area contributed by atoms with Crippen molar-refractivity contribution in [3.63, 3.8) is 0 Å². The molecule has 0 bridgehead atoms. The zero-order chi connectivity index (χ0) is 34.9. The maximum Gasteiger partial charge on any atom is 0.176 e. The second-order valence-electron chi connectivity index (χ2n) is 13.3. The van der Waals surface area contributed by atoms with Gasteiger partial charge in [0, 0.05) is 12.8 Å². The van der Waals surface area contributed by atoms with Gasteiger partial charge in [-0.15, -0.1) is 18.8 Å². The molecule has 0 aliphatic carbocycles. The van der Waals surface area contributed by atoms with E-state index in [1.807, 2.05) is 6.08 Å². The first kappa shape index (κ1) is 45.4. The number of terminal acetylenes is 2. The highest BCUT2D eigenvalue weighted by atomic mass is 16.3. The summed E-state index contributed by atoms with van der Waals surface area (Å²) in [5.41, 5.74) is 0. The van der Waals surface area contributed by atoms with E-state index in [2.05, 4.69) is 65.9 Å². The van der Waals surface area contributed by atoms with Crippen molar-refractivity contribution >= 4 is 0 Å². The molecular formula is C46H72O2. The van der Waals surface area contributed by atoms with Crippen LogP contribution in [-0.2, 0) is 0 Å². The molecule has 0 amide bonds. The van der Waals surface area contributed by atoms with Gasteiger partial charge < -0.3 is 10.2 Å². The van der Waals surface area contributed by atoms with E-state index >= 15 is 0 Å². The predicted octanol–water partition coefficient (Wildman–Crippen LogP) is 12.4. The van der Waals surface area contributed by atoms with Gasteiger partial charge in [-0.1, -0.05) is 163 Å². The van der Waals surface area contributed by atoms with E-state index in [0.29, 0.717) is 0 Å². The van der Waals surface area contributed by atoms with Crippen LogP contribution in [-0.4, -0.2) is 22.4 Å². The van der Waals surface area contributed by atoms with Gasteiger partial charge in [0.1, 0.15) is 6.10 Å². The number of aliphatic hydroxyl groups is 2. The highest BCUT2D eigenvalue weighted by molar-refractivity contribution is 5.24. The number of unbranched alkanes of at least 4 members (excludes halogenated alkanes) is 25. The molecule has 268 valence electrons. The van der Waals surface area contributed by atoms with E-state index in [1.165, 1.54) is 122 Å². The summed E-state index contributed by atoms with van der Waals surface area (Å²) in [5.74, 6) is 16.7. The topological polar surface area (TPSA) is 40.5 Å². The van der Waals surface area contributed by atoms with Crippen LogP contribution in [0.3, 0.4) is 0 Å². The zero-order valence-electron chi connectivity index (χ0n) is 30.9. The third-order valence-corrected chi connectivity index (χ3v) is 8.65. The van der Waals surface area contributed by atoms with Crippen molar-refractivity contribution in [1.29, 1.82) is 0 Å². The summed E-state index contributed by atoms with van der Waals surface area (Å²) in [6, 6.07) is 0. The van der Waals surface area contributed by atoms with Gasteiger partial charge in [0.05, 0.1) is 0 Å². The molecule has 0 aromatic carbocycles. The van der Waals surface area contributed by atoms with Crippen molar-refractivity contribution in [2.24, 2.45) is 0 Å². The molecule has 0 heterocycles. The molecule has 0 aromatic rings. The molecule has 0 aromatic heterocycles. The Labute approximate surface area is 299 Å². The summed E-state index contributed by atoms with van der Waals surface area (Å²) in [6.45, 7) is 0. The van der Waals surface area contributed by atoms with Gasteiger partial charge in [0.2, 0.25) is 0 Å². The van der Waals surface area contributed by atoms with Crippen molar-refractivity contribution in [3.05, 3.63) is 36.5 Å². The van der Waals surface area contributed by atoms with Crippen molar-refractivity contribution in [3.8, 4) is 48.4 Å². The monoisotopic (exact) mass is 657 g/mol. The summed E-state index contributed by atoms with van der Waals surface area (Å²) >= 11 is 0. The average Bonchev–Trinajstić information content (AvgIpc) is 3.09. The van der Waals surface area contributed by atoms with Crippen molar-refractivity contribution in [1.82, 2.24) is 0 Å². The Morgan fingerprint density at radius 1 is 0.438 bits per heavy atom. The molecule has 0 radical (unpaired) electrons. The zero-order valence-corrected chi connectivity index (χ0v) is 30.9. The predicted molar refractivity (Wildman–Crippen MR) is 211 cm³/mol. The number of aliphatic hydroxyl groups excluding tert-OH is 2. The first-order valence-electron chi connectivity index (χ1n) is 19.9. The molecule has 2 heteroatoms. The number of hydrogen-bond acceptors (Lipinski definition) is 2. The first-order valence-corrected chi connectivity index (χ1v) is 19.9. The highest BCUT2D eigenvalue weighted by Gasteiger charge is 1.98. The van der Waals surface area contributed by atoms with E-state index in [4.69, 9.17) is 12.8 Å². The number of hydrogen-bond donors (Lipinski definition) is 2. The fourth-order valence-electron chi connectivity index (χ4n) is 5.61. The third kappa shape index (κ3) is 39.6. The van der Waals surface area contributed by atoms with Crippen molar-refractivity contribution in [2.75, 3.05) is 0 Å². The third-order valence-electron chi connectivity index (χ3n) is 8.65. The van der Waals surface area contributed by atoms with E-state index in [0.717, 1.165) is 70.6 Å². The van der Waals surface area contributed by atoms with Gasteiger partial charge in [0.25, 0.3) is 0 Å². The minimum Gasteiger partial charge on any atom is -0.380 e. The molecule has 0 saturated carbocycles. The van der Waals surface area contributed by atoms with Gasteiger partial charge in [-0.25, -0.2) is 0 Å². The standard InChI is InChI=1S/C46H72O2/c1-3-5-6-7-8-9-10-11-12-13-14-15-16-17-18-19-20-21-25-28-31-34-37-40-43-46(48)44-41-38-35-32-29-26-23-22-24-27-30-33-36-39-42-45(47)4-2/h1-2,21,23,25-26,34,37,45-48H,5-20,22,24,27-33,35-36,38-39,42H2/b25-21-,26-23-,37-34-/t45-,46?/m1/s1. The van der Waals surface area contributed by atoms with E-state index in [-0.39, 0.29) is 0 Å². The molecule has 0 aliphatic rings. The molecule has 2 nitrogen and oxygen atoms in total. The normalized spacial score (nSPS) is 12.4. The Morgan fingerprint density at radius 3 is 1.38 bits per heavy atom. The van der Waals surface area contributed by atoms with Crippen molar-refractivity contribution in [2.45, 2.75) is 205 Å². The summed E-state index contributed by atoms with van der Waals surface area (Å²) in [7, 11) is 0. The second-order valence-corrected chi connectivity index (χ2v) is 13.3. The average molecular weight is 657 g/mol. The lowest BCUT2D eigenvalue weighted by Gasteiger charge is -2.03. The second kappa shape index (κ2) is 40.6. The molecule has 0 saturated heterocycles. The van der Waals surface area contributed by atoms with E-state index in [1.54, 1.807) is 0 Å². The molecular weight excluding hydrogens is 585 g/mol. The van der Waals surface area contributed by atoms with Crippen LogP contribution in [0.4, 0.5) is 0 Å². The number of rotatable bonds is 32. The van der Waals surface area contributed by atoms with E-state index < -0.39 is 12.2 Å². The minimum atomic E-state index is -0.862. The van der Waals surface area contributed by atoms with Crippen LogP contribution >= 0.6 is 0 Å². The Morgan fingerprint density at radius 2 is 0.854 bits per heavy atom. The lowest BCUT2D eigenvalue weighted by molar-refractivity contribution is 0.217. The smallest absolute Gasteiger partial charge is 0.176 e. The molecule has 0 aliphatic heterocycles. The molecule has 0 fully saturated rings. The van der Waals surface area contributed by atoms with Crippen LogP contribution in [0.5, 0.6) is 0 Å². The Hall–Kier alpha value is -2.62. The molecule has 2 N–H and O–H groups in total. The van der Waals surface area contributed by atoms with Crippen molar-refractivity contribution < 1.29 is 10.2 Å². The van der Waals surface area contributed by atoms with Crippen LogP contribution in [0.1, 0.15) is 193 Å². The number of allylic oxidation sites excluding steroid dienone is 6. The summed E-state index contributed by atoms with van der Waals surface area (Å²) in [4.78, 5) is 0. The van der Waals surface area contributed by atoms with Crippen LogP contribution in [0.15, 0.2) is 36.5 Å². The summed E-state index contributed by atoms with van der Waals surface area (Å²) in [6.07, 6.45) is 58.7. The molecule has 2 atom stereocenters. The first-order chi connectivity index (χ1) is 23.7.